The largest absolute Gasteiger partial charge is 0.362 e. The van der Waals surface area contributed by atoms with Crippen LogP contribution in [0.5, 0.6) is 0 Å². The maximum absolute atomic E-state index is 4.83. The zero-order valence-electron chi connectivity index (χ0n) is 21.0. The lowest BCUT2D eigenvalue weighted by Crippen LogP contribution is -2.37. The van der Waals surface area contributed by atoms with Gasteiger partial charge in [-0.25, -0.2) is 4.98 Å². The topological polar surface area (TPSA) is 53.1 Å². The van der Waals surface area contributed by atoms with Crippen LogP contribution in [0.25, 0.3) is 32.4 Å². The molecule has 5 aromatic rings. The number of nitrogens with one attached hydrogen (secondary N) is 2. The Bertz CT molecular complexity index is 1520. The molecule has 0 atom stereocenters. The molecule has 0 spiro atoms. The van der Waals surface area contributed by atoms with E-state index in [2.05, 4.69) is 82.3 Å². The molecule has 0 radical (unpaired) electrons. The van der Waals surface area contributed by atoms with Crippen LogP contribution in [0.15, 0.2) is 78.9 Å². The molecule has 5 nitrogen and oxygen atoms in total. The normalized spacial score (nSPS) is 18.1. The minimum absolute atomic E-state index is 0.403. The van der Waals surface area contributed by atoms with Crippen LogP contribution < -0.4 is 15.5 Å². The number of hydrogen-bond donors (Lipinski definition) is 2. The van der Waals surface area contributed by atoms with Crippen molar-refractivity contribution in [2.24, 2.45) is 0 Å². The van der Waals surface area contributed by atoms with Crippen molar-refractivity contribution in [1.82, 2.24) is 15.3 Å². The molecule has 2 N–H and O–H groups in total. The molecule has 4 aromatic carbocycles. The van der Waals surface area contributed by atoms with Gasteiger partial charge in [-0.3, -0.25) is 0 Å². The lowest BCUT2D eigenvalue weighted by atomic mass is 9.90. The highest BCUT2D eigenvalue weighted by Gasteiger charge is 2.22. The van der Waals surface area contributed by atoms with E-state index < -0.39 is 0 Å². The Balaban J connectivity index is 1.12. The Hall–Kier alpha value is -3.70. The van der Waals surface area contributed by atoms with Crippen molar-refractivity contribution < 1.29 is 0 Å². The van der Waals surface area contributed by atoms with E-state index in [4.69, 9.17) is 9.97 Å². The smallest absolute Gasteiger partial charge is 0.225 e. The van der Waals surface area contributed by atoms with E-state index in [-0.39, 0.29) is 0 Å². The summed E-state index contributed by atoms with van der Waals surface area (Å²) in [6.07, 6.45) is 4.53. The monoisotopic (exact) mass is 475 g/mol. The number of para-hydroxylation sites is 1. The molecule has 0 saturated heterocycles. The van der Waals surface area contributed by atoms with Crippen LogP contribution in [0.3, 0.4) is 0 Å². The summed E-state index contributed by atoms with van der Waals surface area (Å²) in [5, 5.41) is 13.9. The summed E-state index contributed by atoms with van der Waals surface area (Å²) in [5.41, 5.74) is 2.36. The fraction of sp³-hybridized carbons (Fsp3) is 0.290. The van der Waals surface area contributed by atoms with Crippen LogP contribution in [0.4, 0.5) is 11.8 Å². The standard InChI is InChI=1S/C31H33N5/c1-36(2)30-28-13-7-8-14-29(28)34-31(35-30)33-24-17-15-23(16-18-24)32-20-22-19-21-9-3-4-10-25(21)27-12-6-5-11-26(22)27/h3-14,19,23-24,32H,15-18,20H2,1-2H3,(H,33,34,35)/t23-,24+. The van der Waals surface area contributed by atoms with Crippen LogP contribution >= 0.6 is 0 Å². The zero-order valence-corrected chi connectivity index (χ0v) is 21.0. The summed E-state index contributed by atoms with van der Waals surface area (Å²) in [6, 6.07) is 29.0. The number of rotatable bonds is 6. The lowest BCUT2D eigenvalue weighted by Gasteiger charge is -2.30. The number of aromatic nitrogens is 2. The third-order valence-electron chi connectivity index (χ3n) is 7.50. The van der Waals surface area contributed by atoms with Crippen molar-refractivity contribution >= 4 is 44.2 Å². The van der Waals surface area contributed by atoms with E-state index in [0.29, 0.717) is 12.1 Å². The Kier molecular flexibility index (Phi) is 6.16. The molecule has 5 heteroatoms. The summed E-state index contributed by atoms with van der Waals surface area (Å²) in [4.78, 5) is 11.7. The fourth-order valence-corrected chi connectivity index (χ4v) is 5.62. The Labute approximate surface area is 212 Å². The Morgan fingerprint density at radius 2 is 1.36 bits per heavy atom. The summed E-state index contributed by atoms with van der Waals surface area (Å²) in [7, 11) is 4.07. The molecule has 1 aliphatic carbocycles. The summed E-state index contributed by atoms with van der Waals surface area (Å²) >= 11 is 0. The average Bonchev–Trinajstić information content (AvgIpc) is 2.92. The molecule has 1 aromatic heterocycles. The highest BCUT2D eigenvalue weighted by Crippen LogP contribution is 2.30. The van der Waals surface area contributed by atoms with Gasteiger partial charge in [0.2, 0.25) is 5.95 Å². The molecule has 0 bridgehead atoms. The van der Waals surface area contributed by atoms with Crippen molar-refractivity contribution in [2.45, 2.75) is 44.3 Å². The van der Waals surface area contributed by atoms with Crippen molar-refractivity contribution in [3.8, 4) is 0 Å². The molecule has 1 fully saturated rings. The van der Waals surface area contributed by atoms with Crippen LogP contribution in [-0.2, 0) is 6.54 Å². The molecule has 1 heterocycles. The quantitative estimate of drug-likeness (QED) is 0.274. The van der Waals surface area contributed by atoms with Crippen molar-refractivity contribution in [2.75, 3.05) is 24.3 Å². The Morgan fingerprint density at radius 3 is 2.14 bits per heavy atom. The molecule has 6 rings (SSSR count). The maximum Gasteiger partial charge on any atom is 0.225 e. The van der Waals surface area contributed by atoms with Gasteiger partial charge >= 0.3 is 0 Å². The van der Waals surface area contributed by atoms with Crippen molar-refractivity contribution in [1.29, 1.82) is 0 Å². The van der Waals surface area contributed by atoms with Crippen LogP contribution in [0, 0.1) is 0 Å². The fourth-order valence-electron chi connectivity index (χ4n) is 5.62. The van der Waals surface area contributed by atoms with Crippen molar-refractivity contribution in [3.05, 3.63) is 84.4 Å². The minimum atomic E-state index is 0.403. The van der Waals surface area contributed by atoms with E-state index in [0.717, 1.165) is 54.9 Å². The van der Waals surface area contributed by atoms with Gasteiger partial charge in [-0.1, -0.05) is 60.7 Å². The number of nitrogens with zero attached hydrogens (tertiary/aromatic N) is 3. The van der Waals surface area contributed by atoms with Crippen LogP contribution in [0.1, 0.15) is 31.2 Å². The molecule has 0 unspecified atom stereocenters. The second-order valence-electron chi connectivity index (χ2n) is 10.2. The van der Waals surface area contributed by atoms with Gasteiger partial charge in [0.05, 0.1) is 5.52 Å². The van der Waals surface area contributed by atoms with E-state index in [1.807, 2.05) is 26.2 Å². The van der Waals surface area contributed by atoms with Gasteiger partial charge in [-0.05, 0) is 71.0 Å². The second-order valence-corrected chi connectivity index (χ2v) is 10.2. The first-order valence-corrected chi connectivity index (χ1v) is 13.0. The minimum Gasteiger partial charge on any atom is -0.362 e. The number of benzene rings is 4. The van der Waals surface area contributed by atoms with Crippen LogP contribution in [-0.4, -0.2) is 36.1 Å². The molecule has 1 saturated carbocycles. The molecule has 0 aliphatic heterocycles. The predicted molar refractivity (Wildman–Crippen MR) is 152 cm³/mol. The first-order chi connectivity index (χ1) is 17.7. The third kappa shape index (κ3) is 4.47. The lowest BCUT2D eigenvalue weighted by molar-refractivity contribution is 0.352. The number of fused-ring (bicyclic) bond motifs is 4. The SMILES string of the molecule is CN(C)c1nc(N[C@H]2CC[C@@H](NCc3cc4ccccc4c4ccccc34)CC2)nc2ccccc12. The first-order valence-electron chi connectivity index (χ1n) is 13.0. The summed E-state index contributed by atoms with van der Waals surface area (Å²) in [6.45, 7) is 0.897. The summed E-state index contributed by atoms with van der Waals surface area (Å²) in [5.74, 6) is 1.69. The maximum atomic E-state index is 4.83. The number of anilines is 2. The van der Waals surface area contributed by atoms with Crippen molar-refractivity contribution in [3.63, 3.8) is 0 Å². The molecular formula is C31H33N5. The van der Waals surface area contributed by atoms with Crippen LogP contribution in [0.2, 0.25) is 0 Å². The van der Waals surface area contributed by atoms with Gasteiger partial charge in [0, 0.05) is 38.1 Å². The average molecular weight is 476 g/mol. The molecule has 1 aliphatic rings. The first kappa shape index (κ1) is 22.7. The Morgan fingerprint density at radius 1 is 0.722 bits per heavy atom. The number of hydrogen-bond acceptors (Lipinski definition) is 5. The van der Waals surface area contributed by atoms with Gasteiger partial charge in [-0.2, -0.15) is 4.98 Å². The predicted octanol–water partition coefficient (Wildman–Crippen LogP) is 6.52. The molecular weight excluding hydrogens is 442 g/mol. The highest BCUT2D eigenvalue weighted by molar-refractivity contribution is 6.08. The molecule has 0 amide bonds. The van der Waals surface area contributed by atoms with Gasteiger partial charge in [0.15, 0.2) is 0 Å². The zero-order chi connectivity index (χ0) is 24.5. The van der Waals surface area contributed by atoms with Gasteiger partial charge in [0.1, 0.15) is 5.82 Å². The van der Waals surface area contributed by atoms with E-state index >= 15 is 0 Å². The van der Waals surface area contributed by atoms with E-state index in [1.165, 1.54) is 27.1 Å². The molecule has 182 valence electrons. The molecule has 36 heavy (non-hydrogen) atoms. The second kappa shape index (κ2) is 9.75. The van der Waals surface area contributed by atoms with E-state index in [9.17, 15) is 0 Å². The third-order valence-corrected chi connectivity index (χ3v) is 7.50. The van der Waals surface area contributed by atoms with Gasteiger partial charge in [0.25, 0.3) is 0 Å². The summed E-state index contributed by atoms with van der Waals surface area (Å²) < 4.78 is 0. The van der Waals surface area contributed by atoms with E-state index in [1.54, 1.807) is 0 Å². The van der Waals surface area contributed by atoms with Gasteiger partial charge < -0.3 is 15.5 Å². The van der Waals surface area contributed by atoms with Gasteiger partial charge in [-0.15, -0.1) is 0 Å². The highest BCUT2D eigenvalue weighted by atomic mass is 15.2.